The van der Waals surface area contributed by atoms with Gasteiger partial charge in [0.05, 0.1) is 6.10 Å². The Morgan fingerprint density at radius 2 is 2.00 bits per heavy atom. The van der Waals surface area contributed by atoms with E-state index in [1.54, 1.807) is 6.92 Å². The molecule has 0 spiro atoms. The minimum Gasteiger partial charge on any atom is -0.393 e. The molecule has 66 valence electrons. The predicted molar refractivity (Wildman–Crippen MR) is 45.4 cm³/mol. The zero-order chi connectivity index (χ0) is 8.85. The third kappa shape index (κ3) is 4.96. The lowest BCUT2D eigenvalue weighted by Gasteiger charge is -2.12. The molecule has 0 aromatic heterocycles. The maximum absolute atomic E-state index is 10.9. The Hall–Kier alpha value is -0.370. The van der Waals surface area contributed by atoms with E-state index in [9.17, 15) is 4.79 Å². The molecule has 0 saturated carbocycles. The third-order valence-corrected chi connectivity index (χ3v) is 2.10. The van der Waals surface area contributed by atoms with E-state index < -0.39 is 0 Å². The number of hydrogen-bond donors (Lipinski definition) is 1. The molecule has 0 amide bonds. The van der Waals surface area contributed by atoms with E-state index in [1.165, 1.54) is 0 Å². The molecule has 2 nitrogen and oxygen atoms in total. The second kappa shape index (κ2) is 5.30. The number of rotatable bonds is 5. The van der Waals surface area contributed by atoms with Gasteiger partial charge in [-0.15, -0.1) is 0 Å². The summed E-state index contributed by atoms with van der Waals surface area (Å²) >= 11 is 0. The molecule has 11 heavy (non-hydrogen) atoms. The molecular formula is C9H18O2. The molecule has 2 atom stereocenters. The SMILES string of the molecule is CCC(=O)CCC(C)C(C)O. The number of carbonyl (C=O) groups is 1. The Kier molecular flexibility index (Phi) is 5.12. The van der Waals surface area contributed by atoms with Crippen molar-refractivity contribution < 1.29 is 9.90 Å². The highest BCUT2D eigenvalue weighted by Gasteiger charge is 2.09. The van der Waals surface area contributed by atoms with E-state index >= 15 is 0 Å². The first kappa shape index (κ1) is 10.6. The molecule has 0 aliphatic heterocycles. The van der Waals surface area contributed by atoms with Gasteiger partial charge in [-0.25, -0.2) is 0 Å². The average Bonchev–Trinajstić information content (AvgIpc) is 1.99. The van der Waals surface area contributed by atoms with Crippen LogP contribution >= 0.6 is 0 Å². The van der Waals surface area contributed by atoms with Crippen molar-refractivity contribution in [2.45, 2.75) is 46.1 Å². The number of hydrogen-bond acceptors (Lipinski definition) is 2. The maximum Gasteiger partial charge on any atom is 0.132 e. The molecule has 0 rings (SSSR count). The summed E-state index contributed by atoms with van der Waals surface area (Å²) in [4.78, 5) is 10.9. The van der Waals surface area contributed by atoms with Crippen LogP contribution in [0.3, 0.4) is 0 Å². The summed E-state index contributed by atoms with van der Waals surface area (Å²) in [5.41, 5.74) is 0. The van der Waals surface area contributed by atoms with Crippen molar-refractivity contribution in [2.24, 2.45) is 5.92 Å². The van der Waals surface area contributed by atoms with Crippen LogP contribution in [0.15, 0.2) is 0 Å². The van der Waals surface area contributed by atoms with Crippen LogP contribution in [0.5, 0.6) is 0 Å². The number of Topliss-reactive ketones (excluding diaryl/α,β-unsaturated/α-hetero) is 1. The number of aliphatic hydroxyl groups is 1. The molecule has 0 aromatic carbocycles. The van der Waals surface area contributed by atoms with Gasteiger partial charge in [-0.05, 0) is 19.3 Å². The van der Waals surface area contributed by atoms with Crippen LogP contribution in [-0.4, -0.2) is 17.0 Å². The van der Waals surface area contributed by atoms with Crippen LogP contribution in [-0.2, 0) is 4.79 Å². The van der Waals surface area contributed by atoms with Crippen LogP contribution in [0, 0.1) is 5.92 Å². The van der Waals surface area contributed by atoms with Crippen molar-refractivity contribution in [3.63, 3.8) is 0 Å². The summed E-state index contributed by atoms with van der Waals surface area (Å²) in [5, 5.41) is 9.10. The van der Waals surface area contributed by atoms with Crippen LogP contribution in [0.4, 0.5) is 0 Å². The van der Waals surface area contributed by atoms with Gasteiger partial charge in [0.1, 0.15) is 5.78 Å². The molecule has 0 aliphatic rings. The summed E-state index contributed by atoms with van der Waals surface area (Å²) in [6.07, 6.45) is 1.75. The monoisotopic (exact) mass is 158 g/mol. The van der Waals surface area contributed by atoms with Gasteiger partial charge in [0.25, 0.3) is 0 Å². The molecule has 0 fully saturated rings. The van der Waals surface area contributed by atoms with E-state index in [-0.39, 0.29) is 17.8 Å². The topological polar surface area (TPSA) is 37.3 Å². The minimum absolute atomic E-state index is 0.241. The molecular weight excluding hydrogens is 140 g/mol. The Morgan fingerprint density at radius 3 is 2.36 bits per heavy atom. The first-order valence-electron chi connectivity index (χ1n) is 4.27. The van der Waals surface area contributed by atoms with Gasteiger partial charge in [-0.1, -0.05) is 13.8 Å². The van der Waals surface area contributed by atoms with Crippen LogP contribution in [0.2, 0.25) is 0 Å². The molecule has 0 aromatic rings. The van der Waals surface area contributed by atoms with E-state index in [2.05, 4.69) is 0 Å². The Bertz CT molecular complexity index is 119. The largest absolute Gasteiger partial charge is 0.393 e. The zero-order valence-corrected chi connectivity index (χ0v) is 7.63. The van der Waals surface area contributed by atoms with Gasteiger partial charge in [0.15, 0.2) is 0 Å². The van der Waals surface area contributed by atoms with Gasteiger partial charge >= 0.3 is 0 Å². The summed E-state index contributed by atoms with van der Waals surface area (Å²) in [6.45, 7) is 5.60. The number of aliphatic hydroxyl groups excluding tert-OH is 1. The molecule has 0 bridgehead atoms. The van der Waals surface area contributed by atoms with Gasteiger partial charge < -0.3 is 5.11 Å². The third-order valence-electron chi connectivity index (χ3n) is 2.10. The normalized spacial score (nSPS) is 16.0. The van der Waals surface area contributed by atoms with Gasteiger partial charge in [0.2, 0.25) is 0 Å². The Morgan fingerprint density at radius 1 is 1.45 bits per heavy atom. The number of carbonyl (C=O) groups excluding carboxylic acids is 1. The fourth-order valence-corrected chi connectivity index (χ4v) is 0.807. The number of ketones is 1. The summed E-state index contributed by atoms with van der Waals surface area (Å²) in [7, 11) is 0. The van der Waals surface area contributed by atoms with E-state index in [0.29, 0.717) is 12.8 Å². The van der Waals surface area contributed by atoms with Crippen LogP contribution < -0.4 is 0 Å². The molecule has 2 unspecified atom stereocenters. The fraction of sp³-hybridized carbons (Fsp3) is 0.889. The van der Waals surface area contributed by atoms with Crippen molar-refractivity contribution >= 4 is 5.78 Å². The lowest BCUT2D eigenvalue weighted by molar-refractivity contribution is -0.119. The molecule has 2 heteroatoms. The zero-order valence-electron chi connectivity index (χ0n) is 7.63. The van der Waals surface area contributed by atoms with Crippen molar-refractivity contribution in [1.82, 2.24) is 0 Å². The van der Waals surface area contributed by atoms with Crippen molar-refractivity contribution in [3.8, 4) is 0 Å². The van der Waals surface area contributed by atoms with Gasteiger partial charge in [-0.2, -0.15) is 0 Å². The van der Waals surface area contributed by atoms with Gasteiger partial charge in [0, 0.05) is 12.8 Å². The first-order chi connectivity index (χ1) is 5.07. The second-order valence-electron chi connectivity index (χ2n) is 3.15. The van der Waals surface area contributed by atoms with Crippen molar-refractivity contribution in [3.05, 3.63) is 0 Å². The lowest BCUT2D eigenvalue weighted by Crippen LogP contribution is -2.14. The fourth-order valence-electron chi connectivity index (χ4n) is 0.807. The van der Waals surface area contributed by atoms with E-state index in [1.807, 2.05) is 13.8 Å². The molecule has 0 heterocycles. The summed E-state index contributed by atoms with van der Waals surface area (Å²) < 4.78 is 0. The van der Waals surface area contributed by atoms with Crippen LogP contribution in [0.25, 0.3) is 0 Å². The summed E-state index contributed by atoms with van der Waals surface area (Å²) in [6, 6.07) is 0. The maximum atomic E-state index is 10.9. The highest BCUT2D eigenvalue weighted by atomic mass is 16.3. The quantitative estimate of drug-likeness (QED) is 0.662. The van der Waals surface area contributed by atoms with E-state index in [0.717, 1.165) is 6.42 Å². The van der Waals surface area contributed by atoms with Crippen molar-refractivity contribution in [1.29, 1.82) is 0 Å². The van der Waals surface area contributed by atoms with Crippen molar-refractivity contribution in [2.75, 3.05) is 0 Å². The highest BCUT2D eigenvalue weighted by Crippen LogP contribution is 2.10. The average molecular weight is 158 g/mol. The molecule has 0 aliphatic carbocycles. The van der Waals surface area contributed by atoms with Crippen LogP contribution in [0.1, 0.15) is 40.0 Å². The predicted octanol–water partition coefficient (Wildman–Crippen LogP) is 1.76. The minimum atomic E-state index is -0.292. The van der Waals surface area contributed by atoms with E-state index in [4.69, 9.17) is 5.11 Å². The smallest absolute Gasteiger partial charge is 0.132 e. The highest BCUT2D eigenvalue weighted by molar-refractivity contribution is 5.77. The first-order valence-corrected chi connectivity index (χ1v) is 4.27. The Labute approximate surface area is 68.6 Å². The molecule has 0 saturated heterocycles. The molecule has 0 radical (unpaired) electrons. The standard InChI is InChI=1S/C9H18O2/c1-4-9(11)6-5-7(2)8(3)10/h7-8,10H,4-6H2,1-3H3. The lowest BCUT2D eigenvalue weighted by atomic mass is 9.98. The Balaban J connectivity index is 3.45. The summed E-state index contributed by atoms with van der Waals surface area (Å²) in [5.74, 6) is 0.531. The molecule has 1 N–H and O–H groups in total. The second-order valence-corrected chi connectivity index (χ2v) is 3.15. The van der Waals surface area contributed by atoms with Gasteiger partial charge in [-0.3, -0.25) is 4.79 Å².